The van der Waals surface area contributed by atoms with Gasteiger partial charge in [-0.3, -0.25) is 4.98 Å². The van der Waals surface area contributed by atoms with Crippen molar-refractivity contribution in [2.75, 3.05) is 4.90 Å². The summed E-state index contributed by atoms with van der Waals surface area (Å²) in [4.78, 5) is 6.88. The molecule has 32 heavy (non-hydrogen) atoms. The fourth-order valence-corrected chi connectivity index (χ4v) is 5.06. The Hall–Kier alpha value is -2.96. The average Bonchev–Trinajstić information content (AvgIpc) is 3.44. The lowest BCUT2D eigenvalue weighted by Crippen LogP contribution is -2.30. The van der Waals surface area contributed by atoms with Crippen molar-refractivity contribution in [3.63, 3.8) is 0 Å². The van der Waals surface area contributed by atoms with Crippen LogP contribution in [-0.2, 0) is 6.42 Å². The van der Waals surface area contributed by atoms with E-state index in [0.717, 1.165) is 33.7 Å². The van der Waals surface area contributed by atoms with E-state index in [1.54, 1.807) is 0 Å². The molecule has 5 rings (SSSR count). The first-order chi connectivity index (χ1) is 15.7. The normalized spacial score (nSPS) is 18.1. The minimum Gasteiger partial charge on any atom is -0.351 e. The molecular weight excluding hydrogens is 480 g/mol. The van der Waals surface area contributed by atoms with Crippen molar-refractivity contribution >= 4 is 38.9 Å². The molecule has 0 spiro atoms. The summed E-state index contributed by atoms with van der Waals surface area (Å²) in [5.74, 6) is 0. The van der Waals surface area contributed by atoms with Gasteiger partial charge in [-0.1, -0.05) is 47.1 Å². The Bertz CT molecular complexity index is 1240. The molecule has 1 aliphatic heterocycles. The summed E-state index contributed by atoms with van der Waals surface area (Å²) in [6.07, 6.45) is 4.95. The van der Waals surface area contributed by atoms with E-state index in [0.29, 0.717) is 5.11 Å². The topological polar surface area (TPSA) is 33.1 Å². The van der Waals surface area contributed by atoms with E-state index in [9.17, 15) is 0 Å². The number of aryl methyl sites for hydroxylation is 1. The quantitative estimate of drug-likeness (QED) is 0.321. The van der Waals surface area contributed by atoms with Crippen LogP contribution in [0.4, 0.5) is 5.69 Å². The zero-order valence-electron chi connectivity index (χ0n) is 17.6. The molecule has 0 saturated carbocycles. The first-order valence-corrected chi connectivity index (χ1v) is 11.9. The Morgan fingerprint density at radius 3 is 2.53 bits per heavy atom. The molecular formula is C26H23BrN4S. The molecule has 160 valence electrons. The minimum absolute atomic E-state index is 0.0566. The van der Waals surface area contributed by atoms with Gasteiger partial charge in [0, 0.05) is 33.9 Å². The number of rotatable bonds is 5. The van der Waals surface area contributed by atoms with Crippen LogP contribution < -0.4 is 10.2 Å². The SMILES string of the molecule is CCc1ccc(N2C(=S)N[C@H](c3ccccn3)[C@H]2c2cccn2-c2cccc(Br)c2)cc1. The molecule has 6 heteroatoms. The van der Waals surface area contributed by atoms with E-state index in [1.165, 1.54) is 5.56 Å². The molecule has 1 N–H and O–H groups in total. The maximum absolute atomic E-state index is 5.86. The fourth-order valence-electron chi connectivity index (χ4n) is 4.32. The van der Waals surface area contributed by atoms with Crippen molar-refractivity contribution in [1.82, 2.24) is 14.9 Å². The van der Waals surface area contributed by atoms with Gasteiger partial charge in [0.15, 0.2) is 5.11 Å². The molecule has 4 aromatic rings. The van der Waals surface area contributed by atoms with E-state index in [1.807, 2.05) is 24.4 Å². The third kappa shape index (κ3) is 3.85. The van der Waals surface area contributed by atoms with Gasteiger partial charge in [-0.25, -0.2) is 0 Å². The summed E-state index contributed by atoms with van der Waals surface area (Å²) in [6, 6.07) is 27.2. The smallest absolute Gasteiger partial charge is 0.174 e. The molecule has 0 radical (unpaired) electrons. The number of halogens is 1. The minimum atomic E-state index is -0.0737. The van der Waals surface area contributed by atoms with Gasteiger partial charge in [0.25, 0.3) is 0 Å². The maximum Gasteiger partial charge on any atom is 0.174 e. The summed E-state index contributed by atoms with van der Waals surface area (Å²) in [5.41, 5.74) is 5.59. The Morgan fingerprint density at radius 2 is 1.81 bits per heavy atom. The van der Waals surface area contributed by atoms with E-state index in [-0.39, 0.29) is 12.1 Å². The van der Waals surface area contributed by atoms with Crippen molar-refractivity contribution in [1.29, 1.82) is 0 Å². The van der Waals surface area contributed by atoms with Crippen LogP contribution in [0.3, 0.4) is 0 Å². The first-order valence-electron chi connectivity index (χ1n) is 10.7. The van der Waals surface area contributed by atoms with Crippen LogP contribution in [-0.4, -0.2) is 14.7 Å². The van der Waals surface area contributed by atoms with Crippen LogP contribution in [0.1, 0.15) is 36.0 Å². The predicted octanol–water partition coefficient (Wildman–Crippen LogP) is 6.37. The second kappa shape index (κ2) is 8.88. The van der Waals surface area contributed by atoms with Crippen LogP contribution in [0, 0.1) is 0 Å². The highest BCUT2D eigenvalue weighted by atomic mass is 79.9. The lowest BCUT2D eigenvalue weighted by atomic mass is 10.0. The number of aromatic nitrogens is 2. The Labute approximate surface area is 202 Å². The number of nitrogens with zero attached hydrogens (tertiary/aromatic N) is 3. The van der Waals surface area contributed by atoms with Crippen LogP contribution in [0.15, 0.2) is 95.7 Å². The number of benzene rings is 2. The summed E-state index contributed by atoms with van der Waals surface area (Å²) in [5, 5.41) is 4.25. The molecule has 0 amide bonds. The van der Waals surface area contributed by atoms with Gasteiger partial charge in [-0.15, -0.1) is 0 Å². The zero-order valence-corrected chi connectivity index (χ0v) is 20.1. The summed E-state index contributed by atoms with van der Waals surface area (Å²) in [6.45, 7) is 2.17. The van der Waals surface area contributed by atoms with Crippen molar-refractivity contribution in [3.05, 3.63) is 113 Å². The van der Waals surface area contributed by atoms with Crippen LogP contribution >= 0.6 is 28.1 Å². The molecule has 0 bridgehead atoms. The van der Waals surface area contributed by atoms with Gasteiger partial charge in [0.05, 0.1) is 11.7 Å². The number of nitrogens with one attached hydrogen (secondary N) is 1. The van der Waals surface area contributed by atoms with E-state index in [2.05, 4.69) is 109 Å². The number of hydrogen-bond donors (Lipinski definition) is 1. The molecule has 2 aromatic carbocycles. The van der Waals surface area contributed by atoms with Gasteiger partial charge in [-0.05, 0) is 78.8 Å². The molecule has 0 aliphatic carbocycles. The monoisotopic (exact) mass is 502 g/mol. The molecule has 1 saturated heterocycles. The van der Waals surface area contributed by atoms with Crippen LogP contribution in [0.2, 0.25) is 0 Å². The zero-order chi connectivity index (χ0) is 22.1. The molecule has 2 atom stereocenters. The maximum atomic E-state index is 5.86. The number of anilines is 1. The number of pyridine rings is 1. The highest BCUT2D eigenvalue weighted by Gasteiger charge is 2.42. The van der Waals surface area contributed by atoms with Gasteiger partial charge < -0.3 is 14.8 Å². The molecule has 3 heterocycles. The van der Waals surface area contributed by atoms with Gasteiger partial charge in [0.2, 0.25) is 0 Å². The Balaban J connectivity index is 1.65. The van der Waals surface area contributed by atoms with Crippen LogP contribution in [0.25, 0.3) is 5.69 Å². The van der Waals surface area contributed by atoms with Crippen molar-refractivity contribution < 1.29 is 0 Å². The molecule has 2 aromatic heterocycles. The third-order valence-corrected chi connectivity index (χ3v) is 6.70. The fraction of sp³-hybridized carbons (Fsp3) is 0.154. The van der Waals surface area contributed by atoms with E-state index >= 15 is 0 Å². The molecule has 1 aliphatic rings. The average molecular weight is 503 g/mol. The molecule has 4 nitrogen and oxygen atoms in total. The van der Waals surface area contributed by atoms with E-state index in [4.69, 9.17) is 12.2 Å². The second-order valence-corrected chi connectivity index (χ2v) is 9.10. The standard InChI is InChI=1S/C26H23BrN4S/c1-2-18-11-13-20(14-12-18)31-25(24(29-26(31)32)22-9-3-4-15-28-22)23-10-6-16-30(23)21-8-5-7-19(27)17-21/h3-17,24-25H,2H2,1H3,(H,29,32)/t24-,25-/m1/s1. The highest BCUT2D eigenvalue weighted by molar-refractivity contribution is 9.10. The van der Waals surface area contributed by atoms with Gasteiger partial charge in [-0.2, -0.15) is 0 Å². The molecule has 1 fully saturated rings. The first kappa shape index (κ1) is 20.9. The number of thiocarbonyl (C=S) groups is 1. The summed E-state index contributed by atoms with van der Waals surface area (Å²) < 4.78 is 3.27. The lowest BCUT2D eigenvalue weighted by molar-refractivity contribution is 0.549. The van der Waals surface area contributed by atoms with E-state index < -0.39 is 0 Å². The van der Waals surface area contributed by atoms with Gasteiger partial charge >= 0.3 is 0 Å². The third-order valence-electron chi connectivity index (χ3n) is 5.89. The molecule has 0 unspecified atom stereocenters. The van der Waals surface area contributed by atoms with Crippen molar-refractivity contribution in [2.45, 2.75) is 25.4 Å². The largest absolute Gasteiger partial charge is 0.351 e. The number of hydrogen-bond acceptors (Lipinski definition) is 2. The second-order valence-electron chi connectivity index (χ2n) is 7.80. The predicted molar refractivity (Wildman–Crippen MR) is 137 cm³/mol. The Kier molecular flexibility index (Phi) is 5.81. The summed E-state index contributed by atoms with van der Waals surface area (Å²) in [7, 11) is 0. The van der Waals surface area contributed by atoms with Crippen molar-refractivity contribution in [2.24, 2.45) is 0 Å². The van der Waals surface area contributed by atoms with Crippen LogP contribution in [0.5, 0.6) is 0 Å². The van der Waals surface area contributed by atoms with Gasteiger partial charge in [0.1, 0.15) is 6.04 Å². The Morgan fingerprint density at radius 1 is 0.969 bits per heavy atom. The lowest BCUT2D eigenvalue weighted by Gasteiger charge is -2.29. The highest BCUT2D eigenvalue weighted by Crippen LogP contribution is 2.42. The van der Waals surface area contributed by atoms with Crippen molar-refractivity contribution in [3.8, 4) is 5.69 Å². The summed E-state index contributed by atoms with van der Waals surface area (Å²) >= 11 is 9.47.